The third-order valence-corrected chi connectivity index (χ3v) is 5.86. The van der Waals surface area contributed by atoms with Gasteiger partial charge in [-0.3, -0.25) is 0 Å². The first-order chi connectivity index (χ1) is 12.2. The summed E-state index contributed by atoms with van der Waals surface area (Å²) in [5.41, 5.74) is 4.13. The van der Waals surface area contributed by atoms with Crippen LogP contribution in [0.15, 0.2) is 36.4 Å². The van der Waals surface area contributed by atoms with Gasteiger partial charge in [0.2, 0.25) is 0 Å². The predicted molar refractivity (Wildman–Crippen MR) is 107 cm³/mol. The van der Waals surface area contributed by atoms with Crippen molar-refractivity contribution in [3.8, 4) is 11.4 Å². The van der Waals surface area contributed by atoms with Crippen LogP contribution in [0.1, 0.15) is 65.5 Å². The number of hydrogen-bond donors (Lipinski definition) is 1. The maximum atomic E-state index is 11.3. The van der Waals surface area contributed by atoms with E-state index in [1.807, 2.05) is 24.3 Å². The summed E-state index contributed by atoms with van der Waals surface area (Å²) in [6, 6.07) is 12.0. The Morgan fingerprint density at radius 2 is 1.27 bits per heavy atom. The first-order valence-electron chi connectivity index (χ1n) is 9.40. The van der Waals surface area contributed by atoms with Gasteiger partial charge in [0.25, 0.3) is 0 Å². The topological polar surface area (TPSA) is 50.9 Å². The maximum absolute atomic E-state index is 11.3. The van der Waals surface area contributed by atoms with Gasteiger partial charge in [0, 0.05) is 5.56 Å². The van der Waals surface area contributed by atoms with Gasteiger partial charge in [-0.05, 0) is 41.4 Å². The Morgan fingerprint density at radius 3 is 1.77 bits per heavy atom. The van der Waals surface area contributed by atoms with Crippen LogP contribution in [-0.2, 0) is 10.8 Å². The molecule has 4 heteroatoms. The highest BCUT2D eigenvalue weighted by molar-refractivity contribution is 5.74. The number of fused-ring (bicyclic) bond motifs is 1. The number of rotatable bonds is 5. The molecular formula is C22H29N3O. The van der Waals surface area contributed by atoms with E-state index in [-0.39, 0.29) is 16.6 Å². The van der Waals surface area contributed by atoms with Gasteiger partial charge in [-0.1, -0.05) is 65.8 Å². The standard InChI is InChI=1S/C22H29N3O/c1-7-21(3,4)15-13-14-16(22(5,6)8-2)20(26)19(15)25-23-17-11-9-10-12-18(17)24-25/h9-14,26H,7-8H2,1-6H3. The zero-order valence-electron chi connectivity index (χ0n) is 16.7. The summed E-state index contributed by atoms with van der Waals surface area (Å²) in [7, 11) is 0. The molecule has 3 rings (SSSR count). The van der Waals surface area contributed by atoms with Crippen molar-refractivity contribution < 1.29 is 5.11 Å². The van der Waals surface area contributed by atoms with Crippen LogP contribution in [0.3, 0.4) is 0 Å². The van der Waals surface area contributed by atoms with Gasteiger partial charge in [0.1, 0.15) is 22.5 Å². The predicted octanol–water partition coefficient (Wildman–Crippen LogP) is 5.50. The number of phenolic OH excluding ortho intramolecular Hbond substituents is 1. The lowest BCUT2D eigenvalue weighted by Gasteiger charge is -2.30. The minimum absolute atomic E-state index is 0.0957. The van der Waals surface area contributed by atoms with E-state index < -0.39 is 0 Å². The van der Waals surface area contributed by atoms with Crippen LogP contribution >= 0.6 is 0 Å². The number of nitrogens with zero attached hydrogens (tertiary/aromatic N) is 3. The highest BCUT2D eigenvalue weighted by atomic mass is 16.3. The van der Waals surface area contributed by atoms with Gasteiger partial charge in [-0.25, -0.2) is 0 Å². The second-order valence-corrected chi connectivity index (χ2v) is 8.31. The average Bonchev–Trinajstić information content (AvgIpc) is 3.04. The molecule has 0 amide bonds. The molecule has 0 spiro atoms. The molecule has 0 atom stereocenters. The maximum Gasteiger partial charge on any atom is 0.147 e. The molecule has 0 unspecified atom stereocenters. The van der Waals surface area contributed by atoms with Gasteiger partial charge in [-0.15, -0.1) is 15.0 Å². The SMILES string of the molecule is CCC(C)(C)c1ccc(C(C)(C)CC)c(-n2nc3ccccc3n2)c1O. The van der Waals surface area contributed by atoms with Crippen molar-refractivity contribution in [3.63, 3.8) is 0 Å². The largest absolute Gasteiger partial charge is 0.505 e. The first-order valence-corrected chi connectivity index (χ1v) is 9.40. The highest BCUT2D eigenvalue weighted by Crippen LogP contribution is 2.42. The van der Waals surface area contributed by atoms with Crippen molar-refractivity contribution >= 4 is 11.0 Å². The molecule has 4 nitrogen and oxygen atoms in total. The van der Waals surface area contributed by atoms with Crippen molar-refractivity contribution in [3.05, 3.63) is 47.5 Å². The minimum atomic E-state index is -0.125. The van der Waals surface area contributed by atoms with E-state index in [1.165, 1.54) is 0 Å². The van der Waals surface area contributed by atoms with Gasteiger partial charge in [0.05, 0.1) is 0 Å². The Labute approximate surface area is 155 Å². The van der Waals surface area contributed by atoms with E-state index >= 15 is 0 Å². The summed E-state index contributed by atoms with van der Waals surface area (Å²) < 4.78 is 0. The van der Waals surface area contributed by atoms with Crippen molar-refractivity contribution in [2.45, 2.75) is 65.2 Å². The summed E-state index contributed by atoms with van der Waals surface area (Å²) >= 11 is 0. The Morgan fingerprint density at radius 1 is 0.808 bits per heavy atom. The number of phenols is 1. The van der Waals surface area contributed by atoms with Gasteiger partial charge in [0.15, 0.2) is 0 Å². The molecule has 1 N–H and O–H groups in total. The van der Waals surface area contributed by atoms with Crippen molar-refractivity contribution in [2.75, 3.05) is 0 Å². The summed E-state index contributed by atoms with van der Waals surface area (Å²) in [5, 5.41) is 20.6. The second-order valence-electron chi connectivity index (χ2n) is 8.31. The van der Waals surface area contributed by atoms with Crippen LogP contribution in [0.25, 0.3) is 16.7 Å². The molecule has 1 aromatic heterocycles. The van der Waals surface area contributed by atoms with Gasteiger partial charge < -0.3 is 5.11 Å². The van der Waals surface area contributed by atoms with Crippen LogP contribution in [0.5, 0.6) is 5.75 Å². The normalized spacial score (nSPS) is 12.7. The molecule has 0 fully saturated rings. The lowest BCUT2D eigenvalue weighted by Crippen LogP contribution is -2.22. The van der Waals surface area contributed by atoms with Crippen molar-refractivity contribution in [1.29, 1.82) is 0 Å². The molecule has 0 bridgehead atoms. The molecule has 0 aliphatic rings. The van der Waals surface area contributed by atoms with Crippen molar-refractivity contribution in [1.82, 2.24) is 15.0 Å². The molecule has 1 heterocycles. The lowest BCUT2D eigenvalue weighted by atomic mass is 9.76. The summed E-state index contributed by atoms with van der Waals surface area (Å²) in [4.78, 5) is 1.61. The smallest absolute Gasteiger partial charge is 0.147 e. The zero-order chi connectivity index (χ0) is 19.1. The van der Waals surface area contributed by atoms with Gasteiger partial charge >= 0.3 is 0 Å². The highest BCUT2D eigenvalue weighted by Gasteiger charge is 2.31. The Hall–Kier alpha value is -2.36. The zero-order valence-corrected chi connectivity index (χ0v) is 16.7. The third kappa shape index (κ3) is 2.98. The number of aromatic nitrogens is 3. The van der Waals surface area contributed by atoms with E-state index in [0.717, 1.165) is 35.0 Å². The summed E-state index contributed by atoms with van der Waals surface area (Å²) in [6.07, 6.45) is 1.89. The number of hydrogen-bond acceptors (Lipinski definition) is 3. The minimum Gasteiger partial charge on any atom is -0.505 e. The van der Waals surface area contributed by atoms with E-state index in [9.17, 15) is 5.11 Å². The fraction of sp³-hybridized carbons (Fsp3) is 0.455. The Kier molecular flexibility index (Phi) is 4.55. The van der Waals surface area contributed by atoms with E-state index in [4.69, 9.17) is 0 Å². The fourth-order valence-electron chi connectivity index (χ4n) is 3.21. The third-order valence-electron chi connectivity index (χ3n) is 5.86. The molecule has 0 aliphatic heterocycles. The molecule has 3 aromatic rings. The van der Waals surface area contributed by atoms with Crippen LogP contribution in [0.4, 0.5) is 0 Å². The monoisotopic (exact) mass is 351 g/mol. The number of benzene rings is 2. The lowest BCUT2D eigenvalue weighted by molar-refractivity contribution is 0.417. The fourth-order valence-corrected chi connectivity index (χ4v) is 3.21. The van der Waals surface area contributed by atoms with E-state index in [0.29, 0.717) is 5.69 Å². The molecule has 26 heavy (non-hydrogen) atoms. The molecule has 0 saturated heterocycles. The second kappa shape index (κ2) is 6.42. The van der Waals surface area contributed by atoms with E-state index in [1.54, 1.807) is 4.80 Å². The first kappa shape index (κ1) is 18.4. The van der Waals surface area contributed by atoms with Gasteiger partial charge in [-0.2, -0.15) is 0 Å². The average molecular weight is 351 g/mol. The van der Waals surface area contributed by atoms with Crippen LogP contribution < -0.4 is 0 Å². The molecule has 0 radical (unpaired) electrons. The quantitative estimate of drug-likeness (QED) is 0.660. The Bertz CT molecular complexity index is 905. The molecule has 0 aliphatic carbocycles. The molecular weight excluding hydrogens is 322 g/mol. The van der Waals surface area contributed by atoms with Crippen molar-refractivity contribution in [2.24, 2.45) is 0 Å². The molecule has 0 saturated carbocycles. The Balaban J connectivity index is 2.33. The summed E-state index contributed by atoms with van der Waals surface area (Å²) in [5.74, 6) is 0.288. The van der Waals surface area contributed by atoms with Crippen LogP contribution in [-0.4, -0.2) is 20.1 Å². The molecule has 2 aromatic carbocycles. The number of aromatic hydroxyl groups is 1. The van der Waals surface area contributed by atoms with E-state index in [2.05, 4.69) is 63.9 Å². The van der Waals surface area contributed by atoms with Crippen LogP contribution in [0, 0.1) is 0 Å². The summed E-state index contributed by atoms with van der Waals surface area (Å²) in [6.45, 7) is 13.0. The molecule has 138 valence electrons. The van der Waals surface area contributed by atoms with Crippen LogP contribution in [0.2, 0.25) is 0 Å².